The van der Waals surface area contributed by atoms with Crippen molar-refractivity contribution in [2.75, 3.05) is 0 Å². The van der Waals surface area contributed by atoms with Crippen LogP contribution in [0.25, 0.3) is 0 Å². The maximum absolute atomic E-state index is 8.88. The van der Waals surface area contributed by atoms with Crippen LogP contribution in [0.5, 0.6) is 0 Å². The van der Waals surface area contributed by atoms with E-state index in [2.05, 4.69) is 50.9 Å². The molecule has 98 valence electrons. The smallest absolute Gasteiger partial charge is 0.291 e. The van der Waals surface area contributed by atoms with Crippen molar-refractivity contribution >= 4 is 8.45 Å². The molecule has 0 aromatic heterocycles. The molecule has 1 heterocycles. The molecule has 1 rings (SSSR count). The Morgan fingerprint density at radius 2 is 1.53 bits per heavy atom. The van der Waals surface area contributed by atoms with Gasteiger partial charge in [0.2, 0.25) is 0 Å². The average molecular weight is 257 g/mol. The predicted octanol–water partition coefficient (Wildman–Crippen LogP) is 3.31. The first kappa shape index (κ1) is 14.7. The third kappa shape index (κ3) is 3.10. The van der Waals surface area contributed by atoms with E-state index in [0.29, 0.717) is 24.2 Å². The molecule has 0 aliphatic carbocycles. The third-order valence-corrected chi connectivity index (χ3v) is 5.91. The lowest BCUT2D eigenvalue weighted by atomic mass is 10.1. The highest BCUT2D eigenvalue weighted by Crippen LogP contribution is 2.54. The normalized spacial score (nSPS) is 31.8. The summed E-state index contributed by atoms with van der Waals surface area (Å²) in [4.78, 5) is 0. The monoisotopic (exact) mass is 257 g/mol. The van der Waals surface area contributed by atoms with Gasteiger partial charge >= 0.3 is 0 Å². The summed E-state index contributed by atoms with van der Waals surface area (Å²) in [5, 5.41) is 8.88. The van der Waals surface area contributed by atoms with Crippen LogP contribution in [0.15, 0.2) is 0 Å². The second-order valence-electron chi connectivity index (χ2n) is 5.32. The van der Waals surface area contributed by atoms with Gasteiger partial charge < -0.3 is 4.52 Å². The Labute approximate surface area is 106 Å². The van der Waals surface area contributed by atoms with Crippen LogP contribution in [0.3, 0.4) is 0 Å². The minimum Gasteiger partial charge on any atom is -0.373 e. The van der Waals surface area contributed by atoms with E-state index >= 15 is 0 Å². The van der Waals surface area contributed by atoms with E-state index < -0.39 is 8.45 Å². The first-order valence-electron chi connectivity index (χ1n) is 6.32. The first-order valence-corrected chi connectivity index (χ1v) is 7.49. The van der Waals surface area contributed by atoms with Gasteiger partial charge in [0.1, 0.15) is 0 Å². The summed E-state index contributed by atoms with van der Waals surface area (Å²) in [5.74, 6) is 0. The van der Waals surface area contributed by atoms with Gasteiger partial charge in [0.25, 0.3) is 14.7 Å². The van der Waals surface area contributed by atoms with E-state index in [1.54, 1.807) is 0 Å². The van der Waals surface area contributed by atoms with E-state index in [4.69, 9.17) is 9.79 Å². The molecular weight excluding hydrogens is 233 g/mol. The van der Waals surface area contributed by atoms with Gasteiger partial charge in [0.05, 0.1) is 0 Å². The molecule has 0 aromatic rings. The molecule has 5 heteroatoms. The number of nitriles is 1. The van der Waals surface area contributed by atoms with Crippen molar-refractivity contribution in [3.63, 3.8) is 0 Å². The lowest BCUT2D eigenvalue weighted by molar-refractivity contribution is 0.138. The lowest BCUT2D eigenvalue weighted by Crippen LogP contribution is -2.51. The molecule has 1 saturated heterocycles. The minimum atomic E-state index is -0.951. The maximum Gasteiger partial charge on any atom is 0.291 e. The molecule has 0 aromatic carbocycles. The first-order chi connectivity index (χ1) is 7.90. The van der Waals surface area contributed by atoms with Gasteiger partial charge in [-0.15, -0.1) is 5.26 Å². The molecule has 4 nitrogen and oxygen atoms in total. The van der Waals surface area contributed by atoms with Crippen LogP contribution in [-0.2, 0) is 4.52 Å². The van der Waals surface area contributed by atoms with Crippen molar-refractivity contribution in [1.82, 2.24) is 9.34 Å². The third-order valence-electron chi connectivity index (χ3n) is 3.16. The molecule has 0 spiro atoms. The fourth-order valence-corrected chi connectivity index (χ4v) is 4.86. The van der Waals surface area contributed by atoms with Crippen LogP contribution in [0.4, 0.5) is 0 Å². The van der Waals surface area contributed by atoms with E-state index in [-0.39, 0.29) is 0 Å². The quantitative estimate of drug-likeness (QED) is 0.574. The zero-order valence-corrected chi connectivity index (χ0v) is 12.6. The van der Waals surface area contributed by atoms with Crippen molar-refractivity contribution < 1.29 is 4.52 Å². The Bertz CT molecular complexity index is 270. The molecule has 2 atom stereocenters. The van der Waals surface area contributed by atoms with Crippen molar-refractivity contribution in [3.05, 3.63) is 0 Å². The van der Waals surface area contributed by atoms with Crippen LogP contribution < -0.4 is 0 Å². The molecule has 2 unspecified atom stereocenters. The number of hydrogen-bond acceptors (Lipinski definition) is 4. The van der Waals surface area contributed by atoms with E-state index in [9.17, 15) is 0 Å². The molecule has 0 saturated carbocycles. The van der Waals surface area contributed by atoms with Crippen LogP contribution in [0.1, 0.15) is 48.0 Å². The summed E-state index contributed by atoms with van der Waals surface area (Å²) in [6.07, 6.45) is 3.02. The summed E-state index contributed by atoms with van der Waals surface area (Å²) in [7, 11) is -0.951. The van der Waals surface area contributed by atoms with Gasteiger partial charge in [0, 0.05) is 24.2 Å². The summed E-state index contributed by atoms with van der Waals surface area (Å²) >= 11 is 0. The van der Waals surface area contributed by atoms with Crippen molar-refractivity contribution in [1.29, 1.82) is 5.26 Å². The zero-order chi connectivity index (χ0) is 13.2. The van der Waals surface area contributed by atoms with Crippen LogP contribution >= 0.6 is 8.45 Å². The van der Waals surface area contributed by atoms with Gasteiger partial charge in [-0.05, 0) is 48.0 Å². The zero-order valence-electron chi connectivity index (χ0n) is 11.7. The largest absolute Gasteiger partial charge is 0.373 e. The van der Waals surface area contributed by atoms with Crippen molar-refractivity contribution in [2.45, 2.75) is 72.1 Å². The molecule has 17 heavy (non-hydrogen) atoms. The number of hydrogen-bond donors (Lipinski definition) is 0. The highest BCUT2D eigenvalue weighted by atomic mass is 31.2. The highest BCUT2D eigenvalue weighted by Gasteiger charge is 2.42. The number of rotatable bonds is 3. The highest BCUT2D eigenvalue weighted by molar-refractivity contribution is 7.47. The van der Waals surface area contributed by atoms with Gasteiger partial charge in [-0.25, -0.2) is 9.34 Å². The molecule has 0 radical (unpaired) electrons. The molecule has 0 bridgehead atoms. The van der Waals surface area contributed by atoms with Crippen molar-refractivity contribution in [3.8, 4) is 6.26 Å². The fraction of sp³-hybridized carbons (Fsp3) is 0.917. The second kappa shape index (κ2) is 6.00. The Balaban J connectivity index is 3.00. The molecule has 1 aliphatic rings. The molecular formula is C12H24N3OP. The fourth-order valence-electron chi connectivity index (χ4n) is 2.71. The van der Waals surface area contributed by atoms with Gasteiger partial charge in [-0.3, -0.25) is 0 Å². The SMILES string of the molecule is CC(C)N1C(C)CC(C)N(C(C)C)P1OC#N. The maximum atomic E-state index is 8.88. The van der Waals surface area contributed by atoms with Gasteiger partial charge in [0.15, 0.2) is 0 Å². The lowest BCUT2D eigenvalue weighted by Gasteiger charge is -2.50. The standard InChI is InChI=1S/C12H24N3OP/c1-9(2)14-11(5)7-12(6)15(10(3)4)17(14)16-8-13/h9-12H,7H2,1-6H3. The molecule has 0 N–H and O–H groups in total. The predicted molar refractivity (Wildman–Crippen MR) is 71.1 cm³/mol. The molecule has 1 fully saturated rings. The van der Waals surface area contributed by atoms with Gasteiger partial charge in [-0.2, -0.15) is 0 Å². The van der Waals surface area contributed by atoms with E-state index in [1.807, 2.05) is 6.26 Å². The number of nitrogens with zero attached hydrogens (tertiary/aromatic N) is 3. The second-order valence-corrected chi connectivity index (χ2v) is 6.93. The summed E-state index contributed by atoms with van der Waals surface area (Å²) < 4.78 is 10.1. The topological polar surface area (TPSA) is 39.5 Å². The molecule has 1 aliphatic heterocycles. The van der Waals surface area contributed by atoms with Crippen LogP contribution in [-0.4, -0.2) is 33.5 Å². The average Bonchev–Trinajstić information content (AvgIpc) is 2.15. The molecule has 0 amide bonds. The summed E-state index contributed by atoms with van der Waals surface area (Å²) in [6, 6.07) is 1.75. The van der Waals surface area contributed by atoms with Crippen LogP contribution in [0.2, 0.25) is 0 Å². The minimum absolute atomic E-state index is 0.401. The Morgan fingerprint density at radius 3 is 1.82 bits per heavy atom. The summed E-state index contributed by atoms with van der Waals surface area (Å²) in [5.41, 5.74) is 0. The van der Waals surface area contributed by atoms with Crippen molar-refractivity contribution in [2.24, 2.45) is 0 Å². The van der Waals surface area contributed by atoms with E-state index in [0.717, 1.165) is 6.42 Å². The summed E-state index contributed by atoms with van der Waals surface area (Å²) in [6.45, 7) is 13.1. The Kier molecular flexibility index (Phi) is 5.19. The van der Waals surface area contributed by atoms with E-state index in [1.165, 1.54) is 0 Å². The van der Waals surface area contributed by atoms with Crippen LogP contribution in [0, 0.1) is 11.5 Å². The van der Waals surface area contributed by atoms with Gasteiger partial charge in [-0.1, -0.05) is 0 Å². The Morgan fingerprint density at radius 1 is 1.12 bits per heavy atom. The Hall–Kier alpha value is -0.360.